The number of carbonyl (C=O) groups is 1. The Labute approximate surface area is 690 Å². The number of unbranched alkanes of at least 4 members (excludes halogenated alkanes) is 9. The third-order valence-electron chi connectivity index (χ3n) is 40.8. The monoisotopic (exact) mass is 1580 g/mol. The number of fused-ring (bicyclic) bond motifs is 20. The summed E-state index contributed by atoms with van der Waals surface area (Å²) in [6, 6.07) is 0. The Morgan fingerprint density at radius 3 is 1.00 bits per heavy atom. The number of hydrogen-bond acceptors (Lipinski definition) is 10. The average molecular weight is 1580 g/mol. The minimum atomic E-state index is -0.557. The highest BCUT2D eigenvalue weighted by Crippen LogP contribution is 2.74. The SMILES string of the molecule is CC(=O)[C@H]1CCC2C3CC=C4C[C@@H](O)CC[C@]4(C)C3CC[C@@]21C.CCCCCC[C@](C)(O)[C@H]1CCC2C3CC=C4C[C@@H](O)CC[C@]4(C)C3CC[C@@]21C.CCCCCC[C@](C)(O)[C@H]1CCC2C3C[C@H](O)[C@H]4C[C@@H](O)CC[C@]4(C)C3CC[C@@]21C.CCCCCC[C@](C)(O)[C@H]1CCC2C3C[C@H](O)[C@H]4C[C@@H](O)CC[C@]4(C)C3CC[C@@]21C.O. The van der Waals surface area contributed by atoms with Crippen molar-refractivity contribution in [1.82, 2.24) is 0 Å². The van der Waals surface area contributed by atoms with Crippen molar-refractivity contribution in [2.24, 2.45) is 150 Å². The zero-order valence-electron chi connectivity index (χ0n) is 75.2. The normalized spacial score (nSPS) is 49.2. The lowest BCUT2D eigenvalue weighted by Crippen LogP contribution is -2.59. The smallest absolute Gasteiger partial charge is 0.133 e. The Morgan fingerprint density at radius 2 is 0.646 bits per heavy atom. The van der Waals surface area contributed by atoms with Gasteiger partial charge in [0.1, 0.15) is 5.78 Å². The minimum Gasteiger partial charge on any atom is -0.412 e. The molecule has 12 unspecified atom stereocenters. The van der Waals surface area contributed by atoms with Crippen molar-refractivity contribution in [2.75, 3.05) is 0 Å². The Bertz CT molecular complexity index is 3110. The van der Waals surface area contributed by atoms with Gasteiger partial charge in [0, 0.05) is 5.92 Å². The van der Waals surface area contributed by atoms with Crippen molar-refractivity contribution < 1.29 is 56.2 Å². The molecule has 0 aliphatic heterocycles. The van der Waals surface area contributed by atoms with Crippen LogP contribution in [0.2, 0.25) is 0 Å². The molecule has 11 nitrogen and oxygen atoms in total. The molecule has 16 aliphatic rings. The van der Waals surface area contributed by atoms with E-state index in [2.05, 4.69) is 109 Å². The van der Waals surface area contributed by atoms with Crippen LogP contribution in [-0.4, -0.2) is 111 Å². The lowest BCUT2D eigenvalue weighted by atomic mass is 9.43. The summed E-state index contributed by atoms with van der Waals surface area (Å²) in [5.41, 5.74) is 3.50. The van der Waals surface area contributed by atoms with Crippen LogP contribution in [0, 0.1) is 150 Å². The number of aliphatic hydroxyl groups is 9. The first-order valence-corrected chi connectivity index (χ1v) is 49.0. The predicted octanol–water partition coefficient (Wildman–Crippen LogP) is 21.7. The third-order valence-corrected chi connectivity index (χ3v) is 40.8. The van der Waals surface area contributed by atoms with Crippen LogP contribution in [0.25, 0.3) is 0 Å². The van der Waals surface area contributed by atoms with Gasteiger partial charge in [0.15, 0.2) is 0 Å². The maximum atomic E-state index is 12.2. The molecule has 113 heavy (non-hydrogen) atoms. The number of Topliss-reactive ketones (excluding diaryl/α,β-unsaturated/α-hetero) is 1. The van der Waals surface area contributed by atoms with E-state index in [0.29, 0.717) is 81.2 Å². The van der Waals surface area contributed by atoms with E-state index in [1.165, 1.54) is 167 Å². The maximum Gasteiger partial charge on any atom is 0.133 e. The van der Waals surface area contributed by atoms with E-state index in [4.69, 9.17) is 0 Å². The first-order chi connectivity index (χ1) is 52.8. The maximum absolute atomic E-state index is 12.2. The molecule has 0 aromatic carbocycles. The third kappa shape index (κ3) is 16.7. The van der Waals surface area contributed by atoms with Crippen molar-refractivity contribution in [3.63, 3.8) is 0 Å². The van der Waals surface area contributed by atoms with Crippen molar-refractivity contribution in [2.45, 2.75) is 459 Å². The molecule has 0 aromatic rings. The topological polar surface area (TPSA) is 231 Å². The van der Waals surface area contributed by atoms with Crippen molar-refractivity contribution >= 4 is 5.78 Å². The van der Waals surface area contributed by atoms with Gasteiger partial charge in [0.05, 0.1) is 53.4 Å². The van der Waals surface area contributed by atoms with E-state index in [9.17, 15) is 50.8 Å². The zero-order chi connectivity index (χ0) is 80.7. The lowest BCUT2D eigenvalue weighted by molar-refractivity contribution is -0.179. The number of rotatable bonds is 19. The fourth-order valence-corrected chi connectivity index (χ4v) is 34.8. The molecular formula is C102H176O11. The average Bonchev–Trinajstić information content (AvgIpc) is 1.71. The van der Waals surface area contributed by atoms with E-state index in [0.717, 1.165) is 170 Å². The highest BCUT2D eigenvalue weighted by atomic mass is 16.3. The van der Waals surface area contributed by atoms with Gasteiger partial charge in [-0.3, -0.25) is 4.79 Å². The van der Waals surface area contributed by atoms with Crippen LogP contribution >= 0.6 is 0 Å². The molecule has 11 N–H and O–H groups in total. The molecule has 0 bridgehead atoms. The number of ketones is 1. The Kier molecular flexibility index (Phi) is 28.3. The van der Waals surface area contributed by atoms with Crippen LogP contribution in [0.1, 0.15) is 406 Å². The van der Waals surface area contributed by atoms with E-state index in [-0.39, 0.29) is 81.0 Å². The fraction of sp³-hybridized carbons (Fsp3) is 0.951. The first kappa shape index (κ1) is 91.0. The Hall–Kier alpha value is -1.25. The highest BCUT2D eigenvalue weighted by molar-refractivity contribution is 5.79. The second-order valence-electron chi connectivity index (χ2n) is 46.6. The van der Waals surface area contributed by atoms with Crippen molar-refractivity contribution in [3.05, 3.63) is 23.3 Å². The molecule has 14 saturated carbocycles. The van der Waals surface area contributed by atoms with Crippen molar-refractivity contribution in [3.8, 4) is 0 Å². The quantitative estimate of drug-likeness (QED) is 0.0439. The van der Waals surface area contributed by atoms with Gasteiger partial charge in [-0.1, -0.05) is 177 Å². The van der Waals surface area contributed by atoms with E-state index in [1.807, 2.05) is 6.92 Å². The molecule has 0 radical (unpaired) electrons. The summed E-state index contributed by atoms with van der Waals surface area (Å²) in [4.78, 5) is 12.2. The van der Waals surface area contributed by atoms with Gasteiger partial charge in [0.2, 0.25) is 0 Å². The zero-order valence-corrected chi connectivity index (χ0v) is 75.2. The Balaban J connectivity index is 0.000000140. The molecule has 14 fully saturated rings. The predicted molar refractivity (Wildman–Crippen MR) is 460 cm³/mol. The summed E-state index contributed by atoms with van der Waals surface area (Å²) in [6.45, 7) is 34.7. The number of hydrogen-bond donors (Lipinski definition) is 9. The molecule has 0 heterocycles. The van der Waals surface area contributed by atoms with Crippen LogP contribution in [0.5, 0.6) is 0 Å². The molecule has 0 saturated heterocycles. The molecule has 0 spiro atoms. The van der Waals surface area contributed by atoms with Gasteiger partial charge in [-0.05, 0) is 396 Å². The summed E-state index contributed by atoms with van der Waals surface area (Å²) >= 11 is 0. The molecule has 0 amide bonds. The standard InChI is InChI=1S/2C27H48O3.C27H46O2.C21H32O2.H2O/c2*1-5-6-7-8-13-27(4,30)24-10-9-20-19-17-23(29)22-16-18(28)11-14-25(22,2)21(19)12-15-26(20,24)3;1-5-6-7-8-15-27(4,29)24-12-11-22-21-10-9-19-18-20(28)13-16-25(19,2)23(21)14-17-26(22,24)3;1-13(22)17-6-7-18-16-5-4-14-12-15(23)8-10-20(14,2)19(16)9-11-21(17,18)3;/h2*18-24,28-30H,5-17H2,1-4H3;9,20-24,28-29H,5-8,10-18H2,1-4H3;4,15-19,23H,5-12H2,1-3H3;1H2/t2*18-,19?,20?,21?,22+,23-,24-,25+,26-,27-;20-,21?,22?,23?,24-,25-,26-,27-;15-,16?,17+,18?,19?,20-,21+;/m0000./s1. The van der Waals surface area contributed by atoms with Crippen LogP contribution in [0.4, 0.5) is 0 Å². The largest absolute Gasteiger partial charge is 0.412 e. The number of aliphatic hydroxyl groups excluding tert-OH is 6. The minimum absolute atomic E-state index is 0. The second-order valence-corrected chi connectivity index (χ2v) is 46.6. The van der Waals surface area contributed by atoms with Crippen LogP contribution in [0.3, 0.4) is 0 Å². The van der Waals surface area contributed by atoms with E-state index >= 15 is 0 Å². The Morgan fingerprint density at radius 1 is 0.345 bits per heavy atom. The fourth-order valence-electron chi connectivity index (χ4n) is 34.8. The number of carbonyl (C=O) groups excluding carboxylic acids is 1. The van der Waals surface area contributed by atoms with Gasteiger partial charge < -0.3 is 51.4 Å². The molecular weight excluding hydrogens is 1400 g/mol. The van der Waals surface area contributed by atoms with Crippen molar-refractivity contribution in [1.29, 1.82) is 0 Å². The molecule has 11 heteroatoms. The first-order valence-electron chi connectivity index (χ1n) is 49.0. The molecule has 16 rings (SSSR count). The van der Waals surface area contributed by atoms with Gasteiger partial charge in [-0.15, -0.1) is 0 Å². The summed E-state index contributed by atoms with van der Waals surface area (Å²) < 4.78 is 0. The van der Waals surface area contributed by atoms with Gasteiger partial charge in [-0.2, -0.15) is 0 Å². The van der Waals surface area contributed by atoms with Crippen LogP contribution in [-0.2, 0) is 4.79 Å². The summed E-state index contributed by atoms with van der Waals surface area (Å²) in [5, 5.41) is 97.8. The molecule has 35 atom stereocenters. The van der Waals surface area contributed by atoms with E-state index < -0.39 is 16.8 Å². The second kappa shape index (κ2) is 35.2. The molecule has 16 aliphatic carbocycles. The summed E-state index contributed by atoms with van der Waals surface area (Å²) in [6.07, 6.45) is 57.1. The summed E-state index contributed by atoms with van der Waals surface area (Å²) in [5.74, 6) is 11.0. The van der Waals surface area contributed by atoms with Gasteiger partial charge >= 0.3 is 0 Å². The molecule has 650 valence electrons. The molecule has 0 aromatic heterocycles. The lowest BCUT2D eigenvalue weighted by Gasteiger charge is -2.62. The summed E-state index contributed by atoms with van der Waals surface area (Å²) in [7, 11) is 0. The highest BCUT2D eigenvalue weighted by Gasteiger charge is 2.68. The van der Waals surface area contributed by atoms with Gasteiger partial charge in [-0.25, -0.2) is 0 Å². The van der Waals surface area contributed by atoms with Crippen LogP contribution in [0.15, 0.2) is 23.3 Å². The van der Waals surface area contributed by atoms with Crippen LogP contribution < -0.4 is 0 Å². The van der Waals surface area contributed by atoms with E-state index in [1.54, 1.807) is 11.1 Å². The van der Waals surface area contributed by atoms with Gasteiger partial charge in [0.25, 0.3) is 0 Å². The number of allylic oxidation sites excluding steroid dienone is 2.